The summed E-state index contributed by atoms with van der Waals surface area (Å²) >= 11 is 0. The fraction of sp³-hybridized carbons (Fsp3) is 0.440. The third kappa shape index (κ3) is 4.30. The highest BCUT2D eigenvalue weighted by Crippen LogP contribution is 2.38. The van der Waals surface area contributed by atoms with Crippen molar-refractivity contribution in [2.45, 2.75) is 32.2 Å². The van der Waals surface area contributed by atoms with E-state index in [1.165, 1.54) is 11.3 Å². The molecule has 4 heterocycles. The molecular weight excluding hydrogens is 404 g/mol. The first-order valence-electron chi connectivity index (χ1n) is 11.3. The second-order valence-electron chi connectivity index (χ2n) is 8.71. The lowest BCUT2D eigenvalue weighted by Gasteiger charge is -2.33. The van der Waals surface area contributed by atoms with E-state index in [1.807, 2.05) is 24.0 Å². The van der Waals surface area contributed by atoms with Gasteiger partial charge in [0, 0.05) is 60.8 Å². The summed E-state index contributed by atoms with van der Waals surface area (Å²) in [5, 5.41) is 4.33. The van der Waals surface area contributed by atoms with E-state index >= 15 is 0 Å². The molecule has 7 heteroatoms. The van der Waals surface area contributed by atoms with Crippen LogP contribution in [0.4, 0.5) is 0 Å². The molecule has 5 rings (SSSR count). The second-order valence-corrected chi connectivity index (χ2v) is 8.71. The van der Waals surface area contributed by atoms with Gasteiger partial charge in [-0.05, 0) is 50.1 Å². The van der Waals surface area contributed by atoms with E-state index in [4.69, 9.17) is 19.2 Å². The smallest absolute Gasteiger partial charge is 0.165 e. The van der Waals surface area contributed by atoms with Crippen LogP contribution in [0.25, 0.3) is 11.1 Å². The molecule has 1 aromatic carbocycles. The summed E-state index contributed by atoms with van der Waals surface area (Å²) in [5.41, 5.74) is 5.67. The summed E-state index contributed by atoms with van der Waals surface area (Å²) in [4.78, 5) is 7.40. The van der Waals surface area contributed by atoms with Gasteiger partial charge in [0.25, 0.3) is 0 Å². The Labute approximate surface area is 188 Å². The van der Waals surface area contributed by atoms with Gasteiger partial charge in [-0.2, -0.15) is 5.10 Å². The molecular formula is C25H30N4O3. The van der Waals surface area contributed by atoms with Crippen LogP contribution in [0.1, 0.15) is 35.7 Å². The summed E-state index contributed by atoms with van der Waals surface area (Å²) in [6.07, 6.45) is 6.27. The molecule has 2 aliphatic heterocycles. The first kappa shape index (κ1) is 20.8. The molecule has 0 aliphatic carbocycles. The molecule has 0 N–H and O–H groups in total. The van der Waals surface area contributed by atoms with Crippen molar-refractivity contribution in [3.8, 4) is 28.4 Å². The van der Waals surface area contributed by atoms with Crippen LogP contribution in [0.3, 0.4) is 0 Å². The van der Waals surface area contributed by atoms with E-state index < -0.39 is 0 Å². The zero-order valence-corrected chi connectivity index (χ0v) is 19.0. The van der Waals surface area contributed by atoms with Crippen molar-refractivity contribution in [3.63, 3.8) is 0 Å². The van der Waals surface area contributed by atoms with Crippen molar-refractivity contribution in [1.29, 1.82) is 0 Å². The SMILES string of the molecule is COc1cc2c(cc1CN1CCC[C@@H](c3cc(-c4cnn(C)c4)cc(C)n3)C1)OCCO2. The highest BCUT2D eigenvalue weighted by Gasteiger charge is 2.25. The van der Waals surface area contributed by atoms with E-state index in [2.05, 4.69) is 41.3 Å². The molecule has 2 aromatic heterocycles. The predicted octanol–water partition coefficient (Wildman–Crippen LogP) is 3.95. The average molecular weight is 435 g/mol. The van der Waals surface area contributed by atoms with Crippen LogP contribution in [-0.2, 0) is 13.6 Å². The number of nitrogens with zero attached hydrogens (tertiary/aromatic N) is 4. The van der Waals surface area contributed by atoms with Crippen molar-refractivity contribution in [2.75, 3.05) is 33.4 Å². The fourth-order valence-corrected chi connectivity index (χ4v) is 4.75. The number of likely N-dealkylation sites (tertiary alicyclic amines) is 1. The Bertz CT molecular complexity index is 1110. The number of aromatic nitrogens is 3. The number of fused-ring (bicyclic) bond motifs is 1. The lowest BCUT2D eigenvalue weighted by molar-refractivity contribution is 0.168. The van der Waals surface area contributed by atoms with Crippen molar-refractivity contribution in [3.05, 3.63) is 53.6 Å². The van der Waals surface area contributed by atoms with Gasteiger partial charge >= 0.3 is 0 Å². The number of hydrogen-bond donors (Lipinski definition) is 0. The Morgan fingerprint density at radius 3 is 2.66 bits per heavy atom. The standard InChI is InChI=1S/C25H30N4O3/c1-17-9-19(21-13-26-28(2)14-21)10-22(27-17)18-5-4-6-29(15-18)16-20-11-24-25(12-23(20)30-3)32-8-7-31-24/h9-14,18H,4-8,15-16H2,1-3H3/t18-/m1/s1. The molecule has 2 aliphatic rings. The third-order valence-corrected chi connectivity index (χ3v) is 6.27. The number of methoxy groups -OCH3 is 1. The third-order valence-electron chi connectivity index (χ3n) is 6.27. The first-order valence-corrected chi connectivity index (χ1v) is 11.3. The van der Waals surface area contributed by atoms with E-state index in [0.717, 1.165) is 66.5 Å². The van der Waals surface area contributed by atoms with E-state index in [-0.39, 0.29) is 0 Å². The molecule has 3 aromatic rings. The minimum atomic E-state index is 0.405. The van der Waals surface area contributed by atoms with Gasteiger partial charge in [0.2, 0.25) is 0 Å². The molecule has 0 amide bonds. The number of benzene rings is 1. The number of ether oxygens (including phenoxy) is 3. The van der Waals surface area contributed by atoms with Crippen molar-refractivity contribution in [2.24, 2.45) is 7.05 Å². The van der Waals surface area contributed by atoms with Crippen LogP contribution in [0.5, 0.6) is 17.2 Å². The predicted molar refractivity (Wildman–Crippen MR) is 122 cm³/mol. The number of aryl methyl sites for hydroxylation is 2. The van der Waals surface area contributed by atoms with Crippen molar-refractivity contribution >= 4 is 0 Å². The van der Waals surface area contributed by atoms with Gasteiger partial charge in [0.15, 0.2) is 11.5 Å². The van der Waals surface area contributed by atoms with Crippen molar-refractivity contribution < 1.29 is 14.2 Å². The van der Waals surface area contributed by atoms with E-state index in [9.17, 15) is 0 Å². The Morgan fingerprint density at radius 1 is 1.09 bits per heavy atom. The molecule has 1 saturated heterocycles. The summed E-state index contributed by atoms with van der Waals surface area (Å²) < 4.78 is 19.0. The lowest BCUT2D eigenvalue weighted by atomic mass is 9.92. The van der Waals surface area contributed by atoms with Gasteiger partial charge in [-0.15, -0.1) is 0 Å². The minimum Gasteiger partial charge on any atom is -0.496 e. The maximum atomic E-state index is 5.80. The second kappa shape index (κ2) is 8.82. The van der Waals surface area contributed by atoms with Crippen LogP contribution < -0.4 is 14.2 Å². The van der Waals surface area contributed by atoms with Gasteiger partial charge in [0.05, 0.1) is 13.3 Å². The molecule has 0 saturated carbocycles. The van der Waals surface area contributed by atoms with Gasteiger partial charge in [-0.3, -0.25) is 14.6 Å². The molecule has 0 spiro atoms. The molecule has 1 fully saturated rings. The Hall–Kier alpha value is -3.06. The van der Waals surface area contributed by atoms with Gasteiger partial charge in [-0.25, -0.2) is 0 Å². The molecule has 0 unspecified atom stereocenters. The molecule has 32 heavy (non-hydrogen) atoms. The van der Waals surface area contributed by atoms with Crippen molar-refractivity contribution in [1.82, 2.24) is 19.7 Å². The Balaban J connectivity index is 1.36. The maximum Gasteiger partial charge on any atom is 0.165 e. The number of piperidine rings is 1. The number of hydrogen-bond acceptors (Lipinski definition) is 6. The average Bonchev–Trinajstić information content (AvgIpc) is 3.25. The normalized spacial score (nSPS) is 18.5. The summed E-state index contributed by atoms with van der Waals surface area (Å²) in [5.74, 6) is 2.83. The van der Waals surface area contributed by atoms with Crippen LogP contribution >= 0.6 is 0 Å². The molecule has 0 bridgehead atoms. The molecule has 0 radical (unpaired) electrons. The van der Waals surface area contributed by atoms with Crippen LogP contribution in [0, 0.1) is 6.92 Å². The summed E-state index contributed by atoms with van der Waals surface area (Å²) in [7, 11) is 3.66. The fourth-order valence-electron chi connectivity index (χ4n) is 4.75. The lowest BCUT2D eigenvalue weighted by Crippen LogP contribution is -2.34. The zero-order chi connectivity index (χ0) is 22.1. The first-order chi connectivity index (χ1) is 15.6. The highest BCUT2D eigenvalue weighted by molar-refractivity contribution is 5.62. The Kier molecular flexibility index (Phi) is 5.74. The summed E-state index contributed by atoms with van der Waals surface area (Å²) in [6, 6.07) is 8.40. The monoisotopic (exact) mass is 434 g/mol. The highest BCUT2D eigenvalue weighted by atomic mass is 16.6. The number of rotatable bonds is 5. The van der Waals surface area contributed by atoms with Gasteiger partial charge in [0.1, 0.15) is 19.0 Å². The zero-order valence-electron chi connectivity index (χ0n) is 19.0. The molecule has 168 valence electrons. The summed E-state index contributed by atoms with van der Waals surface area (Å²) in [6.45, 7) is 6.09. The van der Waals surface area contributed by atoms with Crippen LogP contribution in [0.2, 0.25) is 0 Å². The van der Waals surface area contributed by atoms with Crippen LogP contribution in [-0.4, -0.2) is 53.1 Å². The number of pyridine rings is 1. The minimum absolute atomic E-state index is 0.405. The maximum absolute atomic E-state index is 5.80. The molecule has 1 atom stereocenters. The van der Waals surface area contributed by atoms with Crippen LogP contribution in [0.15, 0.2) is 36.7 Å². The topological polar surface area (TPSA) is 61.6 Å². The van der Waals surface area contributed by atoms with Gasteiger partial charge < -0.3 is 14.2 Å². The van der Waals surface area contributed by atoms with E-state index in [1.54, 1.807) is 7.11 Å². The molecule has 7 nitrogen and oxygen atoms in total. The van der Waals surface area contributed by atoms with E-state index in [0.29, 0.717) is 19.1 Å². The van der Waals surface area contributed by atoms with Gasteiger partial charge in [-0.1, -0.05) is 0 Å². The largest absolute Gasteiger partial charge is 0.496 e. The quantitative estimate of drug-likeness (QED) is 0.606. The Morgan fingerprint density at radius 2 is 1.91 bits per heavy atom.